The zero-order chi connectivity index (χ0) is 18.3. The molecule has 1 saturated carbocycles. The molecular formula is C17H16ClN3O3S2. The van der Waals surface area contributed by atoms with Gasteiger partial charge < -0.3 is 4.42 Å². The van der Waals surface area contributed by atoms with Crippen LogP contribution in [0.1, 0.15) is 36.6 Å². The zero-order valence-electron chi connectivity index (χ0n) is 13.9. The molecule has 1 N–H and O–H groups in total. The molecule has 136 valence electrons. The fourth-order valence-electron chi connectivity index (χ4n) is 2.63. The van der Waals surface area contributed by atoms with Gasteiger partial charge in [-0.3, -0.25) is 4.72 Å². The van der Waals surface area contributed by atoms with Crippen molar-refractivity contribution in [2.45, 2.75) is 36.3 Å². The molecule has 6 nitrogen and oxygen atoms in total. The third-order valence-corrected chi connectivity index (χ3v) is 7.56. The number of thiophene rings is 1. The number of anilines is 1. The van der Waals surface area contributed by atoms with Gasteiger partial charge in [-0.25, -0.2) is 8.42 Å². The van der Waals surface area contributed by atoms with Gasteiger partial charge in [0.25, 0.3) is 15.9 Å². The fraction of sp³-hybridized carbons (Fsp3) is 0.294. The maximum atomic E-state index is 12.6. The second-order valence-corrected chi connectivity index (χ2v) is 9.68. The summed E-state index contributed by atoms with van der Waals surface area (Å²) in [4.78, 5) is 0.624. The summed E-state index contributed by atoms with van der Waals surface area (Å²) in [6.07, 6.45) is 3.30. The topological polar surface area (TPSA) is 85.1 Å². The van der Waals surface area contributed by atoms with E-state index in [-0.39, 0.29) is 4.21 Å². The van der Waals surface area contributed by atoms with E-state index in [1.807, 2.05) is 6.92 Å². The monoisotopic (exact) mass is 409 g/mol. The van der Waals surface area contributed by atoms with Crippen LogP contribution in [0.15, 0.2) is 39.0 Å². The molecule has 0 aliphatic heterocycles. The molecule has 0 amide bonds. The number of rotatable bonds is 5. The number of aryl methyl sites for hydroxylation is 1. The predicted molar refractivity (Wildman–Crippen MR) is 101 cm³/mol. The van der Waals surface area contributed by atoms with Crippen molar-refractivity contribution >= 4 is 38.6 Å². The van der Waals surface area contributed by atoms with Crippen molar-refractivity contribution < 1.29 is 12.8 Å². The van der Waals surface area contributed by atoms with Gasteiger partial charge in [-0.15, -0.1) is 21.5 Å². The number of hydrogen-bond acceptors (Lipinski definition) is 6. The van der Waals surface area contributed by atoms with Crippen molar-refractivity contribution in [1.82, 2.24) is 10.2 Å². The number of aromatic nitrogens is 2. The number of halogens is 1. The first kappa shape index (κ1) is 17.5. The molecule has 0 atom stereocenters. The lowest BCUT2D eigenvalue weighted by Gasteiger charge is -2.20. The summed E-state index contributed by atoms with van der Waals surface area (Å²) in [7, 11) is -3.74. The van der Waals surface area contributed by atoms with Gasteiger partial charge in [-0.05, 0) is 49.6 Å². The van der Waals surface area contributed by atoms with Crippen LogP contribution >= 0.6 is 22.9 Å². The van der Waals surface area contributed by atoms with E-state index in [1.165, 1.54) is 12.5 Å². The maximum Gasteiger partial charge on any atom is 0.271 e. The second kappa shape index (κ2) is 6.68. The first-order valence-electron chi connectivity index (χ1n) is 8.15. The molecule has 0 saturated heterocycles. The van der Waals surface area contributed by atoms with Crippen LogP contribution in [0.2, 0.25) is 5.02 Å². The molecule has 1 aliphatic carbocycles. The van der Waals surface area contributed by atoms with Crippen LogP contribution in [0.4, 0.5) is 5.69 Å². The number of nitrogens with zero attached hydrogens (tertiary/aromatic N) is 2. The highest BCUT2D eigenvalue weighted by atomic mass is 35.5. The molecule has 1 fully saturated rings. The Labute approximate surface area is 160 Å². The van der Waals surface area contributed by atoms with Crippen molar-refractivity contribution in [2.24, 2.45) is 0 Å². The molecule has 0 bridgehead atoms. The fourth-order valence-corrected chi connectivity index (χ4v) is 5.28. The van der Waals surface area contributed by atoms with E-state index in [9.17, 15) is 8.42 Å². The van der Waals surface area contributed by atoms with E-state index in [0.29, 0.717) is 33.3 Å². The highest BCUT2D eigenvalue weighted by Crippen LogP contribution is 2.38. The summed E-state index contributed by atoms with van der Waals surface area (Å²) in [6, 6.07) is 8.35. The van der Waals surface area contributed by atoms with Crippen LogP contribution in [-0.4, -0.2) is 18.6 Å². The van der Waals surface area contributed by atoms with Crippen molar-refractivity contribution in [3.05, 3.63) is 46.8 Å². The second-order valence-electron chi connectivity index (χ2n) is 6.28. The standard InChI is InChI=1S/C17H16ClN3O3S2/c1-10-5-6-13(12(18)9-10)21-26(22,23)15-8-7-14(25-15)17-20-19-16(24-17)11-3-2-4-11/h5-9,11,21H,2-4H2,1H3. The quantitative estimate of drug-likeness (QED) is 0.652. The van der Waals surface area contributed by atoms with E-state index in [2.05, 4.69) is 14.9 Å². The van der Waals surface area contributed by atoms with Crippen LogP contribution in [0.25, 0.3) is 10.8 Å². The Kier molecular flexibility index (Phi) is 4.50. The van der Waals surface area contributed by atoms with Gasteiger partial charge in [0.1, 0.15) is 4.21 Å². The van der Waals surface area contributed by atoms with Gasteiger partial charge in [-0.1, -0.05) is 24.1 Å². The van der Waals surface area contributed by atoms with Gasteiger partial charge in [-0.2, -0.15) is 0 Å². The van der Waals surface area contributed by atoms with E-state index >= 15 is 0 Å². The molecule has 26 heavy (non-hydrogen) atoms. The molecule has 1 aliphatic rings. The van der Waals surface area contributed by atoms with Crippen LogP contribution in [-0.2, 0) is 10.0 Å². The Morgan fingerprint density at radius 3 is 2.73 bits per heavy atom. The Balaban J connectivity index is 1.57. The molecule has 0 unspecified atom stereocenters. The van der Waals surface area contributed by atoms with Crippen molar-refractivity contribution in [1.29, 1.82) is 0 Å². The summed E-state index contributed by atoms with van der Waals surface area (Å²) < 4.78 is 33.6. The summed E-state index contributed by atoms with van der Waals surface area (Å²) in [6.45, 7) is 1.89. The predicted octanol–water partition coefficient (Wildman–Crippen LogP) is 4.83. The van der Waals surface area contributed by atoms with Crippen molar-refractivity contribution in [3.63, 3.8) is 0 Å². The van der Waals surface area contributed by atoms with Crippen LogP contribution in [0, 0.1) is 6.92 Å². The van der Waals surface area contributed by atoms with Crippen molar-refractivity contribution in [3.8, 4) is 10.8 Å². The highest BCUT2D eigenvalue weighted by molar-refractivity contribution is 7.94. The molecule has 3 aromatic rings. The first-order chi connectivity index (χ1) is 12.4. The molecule has 9 heteroatoms. The SMILES string of the molecule is Cc1ccc(NS(=O)(=O)c2ccc(-c3nnc(C4CCC4)o3)s2)c(Cl)c1. The minimum atomic E-state index is -3.74. The number of nitrogens with one attached hydrogen (secondary N) is 1. The number of hydrogen-bond donors (Lipinski definition) is 1. The van der Waals surface area contributed by atoms with Crippen LogP contribution < -0.4 is 4.72 Å². The van der Waals surface area contributed by atoms with Gasteiger partial charge in [0.2, 0.25) is 5.89 Å². The lowest BCUT2D eigenvalue weighted by Crippen LogP contribution is -2.11. The third-order valence-electron chi connectivity index (χ3n) is 4.32. The van der Waals surface area contributed by atoms with E-state index in [4.69, 9.17) is 16.0 Å². The molecule has 1 aromatic carbocycles. The smallest absolute Gasteiger partial charge is 0.271 e. The third kappa shape index (κ3) is 3.36. The first-order valence-corrected chi connectivity index (χ1v) is 10.8. The Morgan fingerprint density at radius 1 is 1.23 bits per heavy atom. The number of benzene rings is 1. The summed E-state index contributed by atoms with van der Waals surface area (Å²) >= 11 is 7.20. The Hall–Kier alpha value is -1.90. The van der Waals surface area contributed by atoms with Gasteiger partial charge in [0.05, 0.1) is 15.6 Å². The zero-order valence-corrected chi connectivity index (χ0v) is 16.3. The van der Waals surface area contributed by atoms with Gasteiger partial charge in [0.15, 0.2) is 0 Å². The summed E-state index contributed by atoms with van der Waals surface area (Å²) in [5.41, 5.74) is 1.30. The molecule has 2 aromatic heterocycles. The normalized spacial score (nSPS) is 15.0. The molecule has 0 radical (unpaired) electrons. The Bertz CT molecular complexity index is 1050. The van der Waals surface area contributed by atoms with E-state index < -0.39 is 10.0 Å². The largest absolute Gasteiger partial charge is 0.420 e. The average molecular weight is 410 g/mol. The number of sulfonamides is 1. The van der Waals surface area contributed by atoms with Crippen LogP contribution in [0.5, 0.6) is 0 Å². The molecule has 4 rings (SSSR count). The minimum absolute atomic E-state index is 0.160. The summed E-state index contributed by atoms with van der Waals surface area (Å²) in [5.74, 6) is 1.32. The average Bonchev–Trinajstić information content (AvgIpc) is 3.17. The summed E-state index contributed by atoms with van der Waals surface area (Å²) in [5, 5.41) is 8.49. The maximum absolute atomic E-state index is 12.6. The van der Waals surface area contributed by atoms with Gasteiger partial charge >= 0.3 is 0 Å². The molecule has 0 spiro atoms. The van der Waals surface area contributed by atoms with Crippen LogP contribution in [0.3, 0.4) is 0 Å². The molecular weight excluding hydrogens is 394 g/mol. The van der Waals surface area contributed by atoms with E-state index in [0.717, 1.165) is 29.7 Å². The van der Waals surface area contributed by atoms with Gasteiger partial charge in [0, 0.05) is 5.92 Å². The van der Waals surface area contributed by atoms with E-state index in [1.54, 1.807) is 24.3 Å². The lowest BCUT2D eigenvalue weighted by molar-refractivity contribution is 0.338. The Morgan fingerprint density at radius 2 is 2.04 bits per heavy atom. The van der Waals surface area contributed by atoms with Crippen molar-refractivity contribution in [2.75, 3.05) is 4.72 Å². The lowest BCUT2D eigenvalue weighted by atomic mass is 9.85. The highest BCUT2D eigenvalue weighted by Gasteiger charge is 2.26. The minimum Gasteiger partial charge on any atom is -0.420 e. The molecule has 2 heterocycles.